The number of rotatable bonds is 7. The minimum atomic E-state index is 0.540. The SMILES string of the molecule is CCC(CC)C(C)NCc1cc(OC)ccc1Br. The molecule has 0 saturated carbocycles. The fourth-order valence-corrected chi connectivity index (χ4v) is 2.63. The molecule has 0 heterocycles. The first-order valence-corrected chi connectivity index (χ1v) is 7.47. The average molecular weight is 314 g/mol. The zero-order valence-corrected chi connectivity index (χ0v) is 13.4. The predicted octanol–water partition coefficient (Wildman–Crippen LogP) is 4.37. The highest BCUT2D eigenvalue weighted by Gasteiger charge is 2.13. The molecule has 0 aliphatic rings. The molecular formula is C15H24BrNO. The van der Waals surface area contributed by atoms with Gasteiger partial charge in [-0.3, -0.25) is 0 Å². The summed E-state index contributed by atoms with van der Waals surface area (Å²) >= 11 is 3.59. The van der Waals surface area contributed by atoms with Crippen molar-refractivity contribution in [1.82, 2.24) is 5.32 Å². The van der Waals surface area contributed by atoms with Crippen LogP contribution in [-0.2, 0) is 6.54 Å². The van der Waals surface area contributed by atoms with Gasteiger partial charge in [0.2, 0.25) is 0 Å². The standard InChI is InChI=1S/C15H24BrNO/c1-5-12(6-2)11(3)17-10-13-9-14(18-4)7-8-15(13)16/h7-9,11-12,17H,5-6,10H2,1-4H3. The van der Waals surface area contributed by atoms with Crippen molar-refractivity contribution < 1.29 is 4.74 Å². The Balaban J connectivity index is 2.62. The lowest BCUT2D eigenvalue weighted by Crippen LogP contribution is -2.32. The van der Waals surface area contributed by atoms with E-state index in [1.54, 1.807) is 7.11 Å². The number of methoxy groups -OCH3 is 1. The minimum absolute atomic E-state index is 0.540. The fraction of sp³-hybridized carbons (Fsp3) is 0.600. The molecule has 0 aliphatic carbocycles. The van der Waals surface area contributed by atoms with Crippen LogP contribution in [0.4, 0.5) is 0 Å². The van der Waals surface area contributed by atoms with Crippen LogP contribution in [0.25, 0.3) is 0 Å². The zero-order chi connectivity index (χ0) is 13.5. The van der Waals surface area contributed by atoms with Gasteiger partial charge >= 0.3 is 0 Å². The largest absolute Gasteiger partial charge is 0.497 e. The van der Waals surface area contributed by atoms with Crippen LogP contribution < -0.4 is 10.1 Å². The van der Waals surface area contributed by atoms with Gasteiger partial charge in [0, 0.05) is 17.1 Å². The Kier molecular flexibility index (Phi) is 6.72. The van der Waals surface area contributed by atoms with Gasteiger partial charge in [-0.05, 0) is 36.6 Å². The van der Waals surface area contributed by atoms with Gasteiger partial charge in [-0.2, -0.15) is 0 Å². The third kappa shape index (κ3) is 4.29. The third-order valence-corrected chi connectivity index (χ3v) is 4.40. The molecule has 0 amide bonds. The smallest absolute Gasteiger partial charge is 0.119 e. The fourth-order valence-electron chi connectivity index (χ4n) is 2.25. The molecule has 18 heavy (non-hydrogen) atoms. The number of benzene rings is 1. The van der Waals surface area contributed by atoms with E-state index in [-0.39, 0.29) is 0 Å². The molecule has 1 N–H and O–H groups in total. The second-order valence-corrected chi connectivity index (χ2v) is 5.56. The van der Waals surface area contributed by atoms with Crippen molar-refractivity contribution in [1.29, 1.82) is 0 Å². The first-order chi connectivity index (χ1) is 8.62. The third-order valence-electron chi connectivity index (χ3n) is 3.62. The van der Waals surface area contributed by atoms with Gasteiger partial charge in [0.25, 0.3) is 0 Å². The monoisotopic (exact) mass is 313 g/mol. The number of ether oxygens (including phenoxy) is 1. The maximum Gasteiger partial charge on any atom is 0.119 e. The Labute approximate surface area is 119 Å². The minimum Gasteiger partial charge on any atom is -0.497 e. The van der Waals surface area contributed by atoms with E-state index in [9.17, 15) is 0 Å². The van der Waals surface area contributed by atoms with Gasteiger partial charge in [-0.15, -0.1) is 0 Å². The van der Waals surface area contributed by atoms with Gasteiger partial charge in [0.05, 0.1) is 7.11 Å². The van der Waals surface area contributed by atoms with Gasteiger partial charge < -0.3 is 10.1 Å². The molecule has 0 bridgehead atoms. The van der Waals surface area contributed by atoms with Gasteiger partial charge in [-0.25, -0.2) is 0 Å². The summed E-state index contributed by atoms with van der Waals surface area (Å²) in [6, 6.07) is 6.63. The van der Waals surface area contributed by atoms with Crippen molar-refractivity contribution in [3.63, 3.8) is 0 Å². The predicted molar refractivity (Wildman–Crippen MR) is 81.1 cm³/mol. The molecule has 102 valence electrons. The second kappa shape index (κ2) is 7.80. The summed E-state index contributed by atoms with van der Waals surface area (Å²) in [6.07, 6.45) is 2.45. The summed E-state index contributed by atoms with van der Waals surface area (Å²) in [5.74, 6) is 1.65. The number of hydrogen-bond acceptors (Lipinski definition) is 2. The summed E-state index contributed by atoms with van der Waals surface area (Å²) in [6.45, 7) is 7.66. The molecule has 0 aromatic heterocycles. The summed E-state index contributed by atoms with van der Waals surface area (Å²) in [4.78, 5) is 0. The number of halogens is 1. The lowest BCUT2D eigenvalue weighted by Gasteiger charge is -2.23. The van der Waals surface area contributed by atoms with Crippen molar-refractivity contribution in [2.24, 2.45) is 5.92 Å². The van der Waals surface area contributed by atoms with Gasteiger partial charge in [0.1, 0.15) is 5.75 Å². The average Bonchev–Trinajstić information content (AvgIpc) is 2.39. The van der Waals surface area contributed by atoms with Crippen LogP contribution in [0.15, 0.2) is 22.7 Å². The van der Waals surface area contributed by atoms with E-state index >= 15 is 0 Å². The molecule has 1 unspecified atom stereocenters. The first kappa shape index (κ1) is 15.5. The highest BCUT2D eigenvalue weighted by atomic mass is 79.9. The summed E-state index contributed by atoms with van der Waals surface area (Å²) in [7, 11) is 1.70. The van der Waals surface area contributed by atoms with E-state index in [2.05, 4.69) is 48.1 Å². The van der Waals surface area contributed by atoms with Crippen molar-refractivity contribution in [3.8, 4) is 5.75 Å². The summed E-state index contributed by atoms with van der Waals surface area (Å²) < 4.78 is 6.39. The van der Waals surface area contributed by atoms with E-state index in [1.807, 2.05) is 12.1 Å². The lowest BCUT2D eigenvalue weighted by molar-refractivity contribution is 0.352. The van der Waals surface area contributed by atoms with E-state index < -0.39 is 0 Å². The van der Waals surface area contributed by atoms with Crippen molar-refractivity contribution >= 4 is 15.9 Å². The Morgan fingerprint density at radius 2 is 1.94 bits per heavy atom. The maximum atomic E-state index is 5.26. The molecule has 1 aromatic carbocycles. The lowest BCUT2D eigenvalue weighted by atomic mass is 9.95. The number of hydrogen-bond donors (Lipinski definition) is 1. The van der Waals surface area contributed by atoms with Crippen LogP contribution in [0.1, 0.15) is 39.2 Å². The van der Waals surface area contributed by atoms with E-state index in [0.717, 1.165) is 22.7 Å². The molecule has 1 atom stereocenters. The molecule has 0 aliphatic heterocycles. The molecule has 0 fully saturated rings. The van der Waals surface area contributed by atoms with Crippen molar-refractivity contribution in [3.05, 3.63) is 28.2 Å². The molecular weight excluding hydrogens is 290 g/mol. The zero-order valence-electron chi connectivity index (χ0n) is 11.8. The molecule has 1 rings (SSSR count). The maximum absolute atomic E-state index is 5.26. The van der Waals surface area contributed by atoms with E-state index in [1.165, 1.54) is 18.4 Å². The van der Waals surface area contributed by atoms with E-state index in [0.29, 0.717) is 6.04 Å². The van der Waals surface area contributed by atoms with Crippen LogP contribution in [0, 0.1) is 5.92 Å². The molecule has 0 saturated heterocycles. The van der Waals surface area contributed by atoms with Crippen LogP contribution in [0.2, 0.25) is 0 Å². The number of nitrogens with one attached hydrogen (secondary N) is 1. The normalized spacial score (nSPS) is 12.8. The topological polar surface area (TPSA) is 21.3 Å². The van der Waals surface area contributed by atoms with Crippen LogP contribution in [-0.4, -0.2) is 13.2 Å². The molecule has 2 nitrogen and oxygen atoms in total. The summed E-state index contributed by atoms with van der Waals surface area (Å²) in [5, 5.41) is 3.61. The highest BCUT2D eigenvalue weighted by molar-refractivity contribution is 9.10. The van der Waals surface area contributed by atoms with Crippen molar-refractivity contribution in [2.75, 3.05) is 7.11 Å². The van der Waals surface area contributed by atoms with Crippen LogP contribution >= 0.6 is 15.9 Å². The highest BCUT2D eigenvalue weighted by Crippen LogP contribution is 2.23. The molecule has 0 radical (unpaired) electrons. The second-order valence-electron chi connectivity index (χ2n) is 4.70. The Morgan fingerprint density at radius 3 is 2.50 bits per heavy atom. The molecule has 1 aromatic rings. The van der Waals surface area contributed by atoms with Crippen LogP contribution in [0.3, 0.4) is 0 Å². The first-order valence-electron chi connectivity index (χ1n) is 6.68. The summed E-state index contributed by atoms with van der Waals surface area (Å²) in [5.41, 5.74) is 1.24. The molecule has 0 spiro atoms. The van der Waals surface area contributed by atoms with Crippen molar-refractivity contribution in [2.45, 2.75) is 46.2 Å². The van der Waals surface area contributed by atoms with E-state index in [4.69, 9.17) is 4.74 Å². The van der Waals surface area contributed by atoms with Gasteiger partial charge in [0.15, 0.2) is 0 Å². The molecule has 3 heteroatoms. The quantitative estimate of drug-likeness (QED) is 0.807. The Morgan fingerprint density at radius 1 is 1.28 bits per heavy atom. The van der Waals surface area contributed by atoms with Gasteiger partial charge in [-0.1, -0.05) is 42.6 Å². The van der Waals surface area contributed by atoms with Crippen LogP contribution in [0.5, 0.6) is 5.75 Å². The Bertz CT molecular complexity index is 364. The Hall–Kier alpha value is -0.540.